The molecule has 0 heterocycles. The highest BCUT2D eigenvalue weighted by Gasteiger charge is 2.17. The minimum atomic E-state index is -1.43. The maximum atomic E-state index is 12.8. The van der Waals surface area contributed by atoms with Crippen molar-refractivity contribution in [2.45, 2.75) is 0 Å². The fourth-order valence-corrected chi connectivity index (χ4v) is 1.75. The molecule has 23 heavy (non-hydrogen) atoms. The standard InChI is InChI=1S/C14H10FN3O5/c15-8-1-3-9(4-2-8)16-14(21)17-12-6-5-10(18(22)23)7-11(12)13(19)20/h1-7H,(H,19,20)(H2,16,17,21). The number of carboxylic acid groups (broad SMARTS) is 1. The highest BCUT2D eigenvalue weighted by Crippen LogP contribution is 2.22. The number of nitro benzene ring substituents is 1. The lowest BCUT2D eigenvalue weighted by Gasteiger charge is -2.10. The number of halogens is 1. The van der Waals surface area contributed by atoms with E-state index in [1.807, 2.05) is 0 Å². The molecule has 0 saturated heterocycles. The van der Waals surface area contributed by atoms with Crippen molar-refractivity contribution in [3.05, 3.63) is 64.0 Å². The Morgan fingerprint density at radius 1 is 1.09 bits per heavy atom. The Bertz CT molecular complexity index is 776. The lowest BCUT2D eigenvalue weighted by Crippen LogP contribution is -2.21. The van der Waals surface area contributed by atoms with E-state index >= 15 is 0 Å². The second-order valence-electron chi connectivity index (χ2n) is 4.38. The number of urea groups is 1. The molecule has 2 aromatic carbocycles. The van der Waals surface area contributed by atoms with Gasteiger partial charge in [-0.25, -0.2) is 14.0 Å². The van der Waals surface area contributed by atoms with Crippen LogP contribution in [0.15, 0.2) is 42.5 Å². The average molecular weight is 319 g/mol. The molecule has 0 aliphatic heterocycles. The van der Waals surface area contributed by atoms with Crippen molar-refractivity contribution in [1.82, 2.24) is 0 Å². The molecular weight excluding hydrogens is 309 g/mol. The summed E-state index contributed by atoms with van der Waals surface area (Å²) >= 11 is 0. The van der Waals surface area contributed by atoms with Gasteiger partial charge in [-0.15, -0.1) is 0 Å². The zero-order valence-electron chi connectivity index (χ0n) is 11.4. The van der Waals surface area contributed by atoms with Crippen LogP contribution in [-0.4, -0.2) is 22.0 Å². The van der Waals surface area contributed by atoms with Gasteiger partial charge in [0.2, 0.25) is 0 Å². The number of hydrogen-bond acceptors (Lipinski definition) is 4. The van der Waals surface area contributed by atoms with E-state index in [-0.39, 0.29) is 5.69 Å². The van der Waals surface area contributed by atoms with Crippen molar-refractivity contribution in [3.63, 3.8) is 0 Å². The molecule has 0 aliphatic rings. The Kier molecular flexibility index (Phi) is 4.50. The van der Waals surface area contributed by atoms with Crippen molar-refractivity contribution in [1.29, 1.82) is 0 Å². The highest BCUT2D eigenvalue weighted by molar-refractivity contribution is 6.04. The van der Waals surface area contributed by atoms with Crippen molar-refractivity contribution >= 4 is 29.1 Å². The van der Waals surface area contributed by atoms with Crippen LogP contribution >= 0.6 is 0 Å². The van der Waals surface area contributed by atoms with Crippen LogP contribution in [0.2, 0.25) is 0 Å². The largest absolute Gasteiger partial charge is 0.478 e. The van der Waals surface area contributed by atoms with Crippen LogP contribution in [0.4, 0.5) is 26.2 Å². The van der Waals surface area contributed by atoms with Crippen LogP contribution in [0.5, 0.6) is 0 Å². The Hall–Kier alpha value is -3.49. The number of nitrogens with zero attached hydrogens (tertiary/aromatic N) is 1. The van der Waals surface area contributed by atoms with Gasteiger partial charge in [0.15, 0.2) is 0 Å². The Morgan fingerprint density at radius 3 is 2.30 bits per heavy atom. The first kappa shape index (κ1) is 15.9. The van der Waals surface area contributed by atoms with Gasteiger partial charge < -0.3 is 15.7 Å². The second kappa shape index (κ2) is 6.52. The van der Waals surface area contributed by atoms with Gasteiger partial charge in [0.25, 0.3) is 5.69 Å². The summed E-state index contributed by atoms with van der Waals surface area (Å²) in [5, 5.41) is 24.4. The fourth-order valence-electron chi connectivity index (χ4n) is 1.75. The summed E-state index contributed by atoms with van der Waals surface area (Å²) in [5.74, 6) is -1.90. The maximum absolute atomic E-state index is 12.8. The van der Waals surface area contributed by atoms with Gasteiger partial charge in [-0.2, -0.15) is 0 Å². The van der Waals surface area contributed by atoms with Crippen molar-refractivity contribution in [2.24, 2.45) is 0 Å². The molecule has 118 valence electrons. The Labute approximate surface area is 128 Å². The number of hydrogen-bond donors (Lipinski definition) is 3. The van der Waals surface area contributed by atoms with Gasteiger partial charge >= 0.3 is 12.0 Å². The number of non-ortho nitro benzene ring substituents is 1. The van der Waals surface area contributed by atoms with E-state index in [1.165, 1.54) is 12.1 Å². The number of anilines is 2. The summed E-state index contributed by atoms with van der Waals surface area (Å²) in [6.07, 6.45) is 0. The lowest BCUT2D eigenvalue weighted by molar-refractivity contribution is -0.384. The number of aromatic carboxylic acids is 1. The molecule has 0 fully saturated rings. The molecule has 0 atom stereocenters. The topological polar surface area (TPSA) is 122 Å². The molecule has 0 bridgehead atoms. The number of carbonyl (C=O) groups is 2. The summed E-state index contributed by atoms with van der Waals surface area (Å²) < 4.78 is 12.8. The van der Waals surface area contributed by atoms with E-state index in [0.717, 1.165) is 30.3 Å². The third-order valence-electron chi connectivity index (χ3n) is 2.79. The molecule has 8 nitrogen and oxygen atoms in total. The molecule has 3 N–H and O–H groups in total. The van der Waals surface area contributed by atoms with Crippen LogP contribution < -0.4 is 10.6 Å². The number of amides is 2. The zero-order chi connectivity index (χ0) is 17.0. The number of nitrogens with one attached hydrogen (secondary N) is 2. The predicted octanol–water partition coefficient (Wildman–Crippen LogP) is 3.08. The molecular formula is C14H10FN3O5. The minimum Gasteiger partial charge on any atom is -0.478 e. The number of carbonyl (C=O) groups excluding carboxylic acids is 1. The van der Waals surface area contributed by atoms with Gasteiger partial charge in [-0.05, 0) is 30.3 Å². The normalized spacial score (nSPS) is 9.96. The third-order valence-corrected chi connectivity index (χ3v) is 2.79. The van der Waals surface area contributed by atoms with Crippen molar-refractivity contribution in [3.8, 4) is 0 Å². The van der Waals surface area contributed by atoms with Crippen molar-refractivity contribution in [2.75, 3.05) is 10.6 Å². The van der Waals surface area contributed by atoms with Gasteiger partial charge in [0.1, 0.15) is 5.82 Å². The van der Waals surface area contributed by atoms with Gasteiger partial charge in [0, 0.05) is 17.8 Å². The number of benzene rings is 2. The number of nitro groups is 1. The van der Waals surface area contributed by atoms with Crippen LogP contribution in [0.1, 0.15) is 10.4 Å². The number of carboxylic acids is 1. The molecule has 0 aliphatic carbocycles. The van der Waals surface area contributed by atoms with Gasteiger partial charge in [-0.1, -0.05) is 0 Å². The van der Waals surface area contributed by atoms with Crippen LogP contribution in [0, 0.1) is 15.9 Å². The molecule has 0 radical (unpaired) electrons. The molecule has 0 aromatic heterocycles. The molecule has 0 spiro atoms. The monoisotopic (exact) mass is 319 g/mol. The van der Waals surface area contributed by atoms with E-state index in [9.17, 15) is 24.1 Å². The predicted molar refractivity (Wildman–Crippen MR) is 79.1 cm³/mol. The maximum Gasteiger partial charge on any atom is 0.338 e. The first-order valence-corrected chi connectivity index (χ1v) is 6.22. The average Bonchev–Trinajstić information content (AvgIpc) is 2.49. The first-order valence-electron chi connectivity index (χ1n) is 6.22. The molecule has 2 rings (SSSR count). The van der Waals surface area contributed by atoms with E-state index in [4.69, 9.17) is 5.11 Å². The first-order chi connectivity index (χ1) is 10.9. The van der Waals surface area contributed by atoms with Crippen LogP contribution in [0.25, 0.3) is 0 Å². The van der Waals surface area contributed by atoms with Crippen molar-refractivity contribution < 1.29 is 24.0 Å². The molecule has 2 aromatic rings. The van der Waals surface area contributed by atoms with Crippen LogP contribution in [-0.2, 0) is 0 Å². The summed E-state index contributed by atoms with van der Waals surface area (Å²) in [6.45, 7) is 0. The smallest absolute Gasteiger partial charge is 0.338 e. The Morgan fingerprint density at radius 2 is 1.74 bits per heavy atom. The van der Waals surface area contributed by atoms with Gasteiger partial charge in [-0.3, -0.25) is 10.1 Å². The lowest BCUT2D eigenvalue weighted by atomic mass is 10.1. The summed E-state index contributed by atoms with van der Waals surface area (Å²) in [4.78, 5) is 32.9. The third kappa shape index (κ3) is 4.00. The summed E-state index contributed by atoms with van der Waals surface area (Å²) in [6, 6.07) is 7.19. The number of rotatable bonds is 4. The molecule has 2 amide bonds. The van der Waals surface area contributed by atoms with E-state index < -0.39 is 34.0 Å². The summed E-state index contributed by atoms with van der Waals surface area (Å²) in [5.41, 5.74) is -0.647. The summed E-state index contributed by atoms with van der Waals surface area (Å²) in [7, 11) is 0. The Balaban J connectivity index is 2.18. The molecule has 9 heteroatoms. The fraction of sp³-hybridized carbons (Fsp3) is 0. The highest BCUT2D eigenvalue weighted by atomic mass is 19.1. The SMILES string of the molecule is O=C(Nc1ccc(F)cc1)Nc1ccc([N+](=O)[O-])cc1C(=O)O. The zero-order valence-corrected chi connectivity index (χ0v) is 11.4. The minimum absolute atomic E-state index is 0.109. The van der Waals surface area contributed by atoms with E-state index in [0.29, 0.717) is 5.69 Å². The molecule has 0 saturated carbocycles. The van der Waals surface area contributed by atoms with E-state index in [2.05, 4.69) is 10.6 Å². The molecule has 0 unspecified atom stereocenters. The quantitative estimate of drug-likeness (QED) is 0.590. The van der Waals surface area contributed by atoms with E-state index in [1.54, 1.807) is 0 Å². The van der Waals surface area contributed by atoms with Gasteiger partial charge in [0.05, 0.1) is 16.2 Å². The van der Waals surface area contributed by atoms with Crippen LogP contribution in [0.3, 0.4) is 0 Å². The second-order valence-corrected chi connectivity index (χ2v) is 4.38.